The van der Waals surface area contributed by atoms with Crippen molar-refractivity contribution in [3.63, 3.8) is 0 Å². The molecule has 1 aromatic carbocycles. The average Bonchev–Trinajstić information content (AvgIpc) is 2.67. The van der Waals surface area contributed by atoms with E-state index >= 15 is 0 Å². The Balaban J connectivity index is 1.98. The molecule has 2 bridgehead atoms. The maximum Gasteiger partial charge on any atom is 0.251 e. The fourth-order valence-corrected chi connectivity index (χ4v) is 4.94. The van der Waals surface area contributed by atoms with Gasteiger partial charge in [0.1, 0.15) is 0 Å². The van der Waals surface area contributed by atoms with Crippen LogP contribution in [0.15, 0.2) is 35.9 Å². The van der Waals surface area contributed by atoms with E-state index in [9.17, 15) is 4.79 Å². The lowest BCUT2D eigenvalue weighted by molar-refractivity contribution is -0.113. The van der Waals surface area contributed by atoms with Crippen LogP contribution in [0, 0.1) is 23.7 Å². The van der Waals surface area contributed by atoms with Crippen LogP contribution in [0.1, 0.15) is 96.3 Å². The van der Waals surface area contributed by atoms with E-state index in [0.717, 1.165) is 11.3 Å². The van der Waals surface area contributed by atoms with Gasteiger partial charge in [-0.15, -0.1) is 0 Å². The van der Waals surface area contributed by atoms with Crippen LogP contribution < -0.4 is 5.32 Å². The smallest absolute Gasteiger partial charge is 0.251 e. The molecule has 29 heavy (non-hydrogen) atoms. The number of fused-ring (bicyclic) bond motifs is 1. The van der Waals surface area contributed by atoms with Crippen molar-refractivity contribution in [2.45, 2.75) is 79.6 Å². The standard InChI is InChI=1S/C27H39NO/c1-15(2)20-13-23(17(5)6)26(24(14-20)18(7)8)28-27(29)25-12-19-9-10-21(25)22(11-19)16(3)4/h9-10,12-19,21-22H,11H2,1-8H3,(H,28,29). The first-order valence-corrected chi connectivity index (χ1v) is 11.5. The van der Waals surface area contributed by atoms with Gasteiger partial charge in [-0.2, -0.15) is 0 Å². The van der Waals surface area contributed by atoms with Gasteiger partial charge >= 0.3 is 0 Å². The number of rotatable bonds is 6. The zero-order chi connectivity index (χ0) is 21.5. The van der Waals surface area contributed by atoms with Crippen molar-refractivity contribution in [1.29, 1.82) is 0 Å². The Hall–Kier alpha value is -1.83. The predicted molar refractivity (Wildman–Crippen MR) is 124 cm³/mol. The molecule has 1 aromatic rings. The van der Waals surface area contributed by atoms with Gasteiger partial charge in [0.25, 0.3) is 5.91 Å². The lowest BCUT2D eigenvalue weighted by atomic mass is 9.65. The van der Waals surface area contributed by atoms with Crippen molar-refractivity contribution in [2.75, 3.05) is 5.32 Å². The molecule has 0 aromatic heterocycles. The van der Waals surface area contributed by atoms with E-state index in [1.165, 1.54) is 23.1 Å². The minimum Gasteiger partial charge on any atom is -0.322 e. The Kier molecular flexibility index (Phi) is 6.41. The van der Waals surface area contributed by atoms with E-state index in [0.29, 0.717) is 35.5 Å². The van der Waals surface area contributed by atoms with E-state index in [1.807, 2.05) is 0 Å². The molecule has 0 saturated heterocycles. The summed E-state index contributed by atoms with van der Waals surface area (Å²) in [5.41, 5.74) is 5.88. The summed E-state index contributed by atoms with van der Waals surface area (Å²) in [4.78, 5) is 13.5. The Morgan fingerprint density at radius 1 is 0.897 bits per heavy atom. The SMILES string of the molecule is CC(C)c1cc(C(C)C)c(NC(=O)C2=CC3C=CC2C(C(C)C)C3)c(C(C)C)c1. The summed E-state index contributed by atoms with van der Waals surface area (Å²) in [6.07, 6.45) is 7.96. The third-order valence-electron chi connectivity index (χ3n) is 6.81. The number of carbonyl (C=O) groups is 1. The maximum atomic E-state index is 13.5. The van der Waals surface area contributed by atoms with Gasteiger partial charge in [-0.3, -0.25) is 4.79 Å². The van der Waals surface area contributed by atoms with Crippen LogP contribution >= 0.6 is 0 Å². The molecule has 158 valence electrons. The van der Waals surface area contributed by atoms with Gasteiger partial charge in [0, 0.05) is 17.2 Å². The topological polar surface area (TPSA) is 29.1 Å². The van der Waals surface area contributed by atoms with Crippen molar-refractivity contribution in [2.24, 2.45) is 23.7 Å². The minimum atomic E-state index is 0.0933. The molecule has 0 fully saturated rings. The third kappa shape index (κ3) is 4.37. The normalized spacial score (nSPS) is 23.4. The zero-order valence-electron chi connectivity index (χ0n) is 19.5. The first-order valence-electron chi connectivity index (χ1n) is 11.5. The van der Waals surface area contributed by atoms with E-state index in [4.69, 9.17) is 0 Å². The molecular weight excluding hydrogens is 354 g/mol. The number of nitrogens with one attached hydrogen (secondary N) is 1. The van der Waals surface area contributed by atoms with Crippen LogP contribution in [0.3, 0.4) is 0 Å². The Morgan fingerprint density at radius 2 is 1.48 bits per heavy atom. The van der Waals surface area contributed by atoms with E-state index in [2.05, 4.69) is 91.1 Å². The highest BCUT2D eigenvalue weighted by molar-refractivity contribution is 6.05. The van der Waals surface area contributed by atoms with Gasteiger partial charge in [-0.05, 0) is 58.6 Å². The van der Waals surface area contributed by atoms with Crippen LogP contribution in [-0.4, -0.2) is 5.91 Å². The van der Waals surface area contributed by atoms with Gasteiger partial charge < -0.3 is 5.32 Å². The molecule has 2 heteroatoms. The van der Waals surface area contributed by atoms with Gasteiger partial charge in [0.05, 0.1) is 0 Å². The Bertz CT molecular complexity index is 796. The van der Waals surface area contributed by atoms with Crippen LogP contribution in [-0.2, 0) is 4.79 Å². The number of carbonyl (C=O) groups excluding carboxylic acids is 1. The molecule has 3 aliphatic rings. The number of allylic oxidation sites excluding steroid dienone is 3. The van der Waals surface area contributed by atoms with Crippen molar-refractivity contribution in [3.05, 3.63) is 52.6 Å². The second-order valence-electron chi connectivity index (χ2n) is 10.3. The molecule has 0 saturated carbocycles. The van der Waals surface area contributed by atoms with Gasteiger partial charge in [-0.25, -0.2) is 0 Å². The largest absolute Gasteiger partial charge is 0.322 e. The van der Waals surface area contributed by atoms with Crippen molar-refractivity contribution >= 4 is 11.6 Å². The molecule has 1 N–H and O–H groups in total. The van der Waals surface area contributed by atoms with E-state index in [-0.39, 0.29) is 11.8 Å². The number of hydrogen-bond donors (Lipinski definition) is 1. The zero-order valence-corrected chi connectivity index (χ0v) is 19.5. The summed E-state index contributed by atoms with van der Waals surface area (Å²) in [5, 5.41) is 3.38. The highest BCUT2D eigenvalue weighted by Gasteiger charge is 2.37. The number of anilines is 1. The van der Waals surface area contributed by atoms with Gasteiger partial charge in [0.15, 0.2) is 0 Å². The maximum absolute atomic E-state index is 13.5. The van der Waals surface area contributed by atoms with Crippen LogP contribution in [0.4, 0.5) is 5.69 Å². The number of amides is 1. The molecule has 0 spiro atoms. The Labute approximate surface area is 177 Å². The monoisotopic (exact) mass is 393 g/mol. The molecule has 0 radical (unpaired) electrons. The van der Waals surface area contributed by atoms with Crippen LogP contribution in [0.5, 0.6) is 0 Å². The van der Waals surface area contributed by atoms with Crippen molar-refractivity contribution in [1.82, 2.24) is 0 Å². The highest BCUT2D eigenvalue weighted by Crippen LogP contribution is 2.44. The number of benzene rings is 1. The molecule has 0 aliphatic heterocycles. The number of hydrogen-bond acceptors (Lipinski definition) is 1. The molecule has 2 nitrogen and oxygen atoms in total. The fourth-order valence-electron chi connectivity index (χ4n) is 4.94. The quantitative estimate of drug-likeness (QED) is 0.501. The highest BCUT2D eigenvalue weighted by atomic mass is 16.1. The summed E-state index contributed by atoms with van der Waals surface area (Å²) in [7, 11) is 0. The fraction of sp³-hybridized carbons (Fsp3) is 0.593. The van der Waals surface area contributed by atoms with E-state index < -0.39 is 0 Å². The minimum absolute atomic E-state index is 0.0933. The molecule has 1 amide bonds. The molecule has 3 atom stereocenters. The molecule has 3 aliphatic carbocycles. The first kappa shape index (κ1) is 21.9. The molecule has 4 rings (SSSR count). The summed E-state index contributed by atoms with van der Waals surface area (Å²) in [5.74, 6) is 3.10. The third-order valence-corrected chi connectivity index (χ3v) is 6.81. The van der Waals surface area contributed by atoms with Gasteiger partial charge in [-0.1, -0.05) is 85.8 Å². The van der Waals surface area contributed by atoms with E-state index in [1.54, 1.807) is 0 Å². The average molecular weight is 394 g/mol. The second-order valence-corrected chi connectivity index (χ2v) is 10.3. The summed E-state index contributed by atoms with van der Waals surface area (Å²) < 4.78 is 0. The lowest BCUT2D eigenvalue weighted by Gasteiger charge is -2.39. The molecule has 3 unspecified atom stereocenters. The molecular formula is C27H39NO. The summed E-state index contributed by atoms with van der Waals surface area (Å²) in [6, 6.07) is 4.60. The van der Waals surface area contributed by atoms with Crippen LogP contribution in [0.2, 0.25) is 0 Å². The second kappa shape index (κ2) is 8.50. The summed E-state index contributed by atoms with van der Waals surface area (Å²) >= 11 is 0. The summed E-state index contributed by atoms with van der Waals surface area (Å²) in [6.45, 7) is 17.9. The van der Waals surface area contributed by atoms with Crippen molar-refractivity contribution in [3.8, 4) is 0 Å². The van der Waals surface area contributed by atoms with Crippen molar-refractivity contribution < 1.29 is 4.79 Å². The lowest BCUT2D eigenvalue weighted by Crippen LogP contribution is -2.35. The first-order chi connectivity index (χ1) is 13.6. The predicted octanol–water partition coefficient (Wildman–Crippen LogP) is 7.40. The molecule has 0 heterocycles. The Morgan fingerprint density at radius 3 is 1.93 bits per heavy atom. The van der Waals surface area contributed by atoms with Crippen LogP contribution in [0.25, 0.3) is 0 Å². The van der Waals surface area contributed by atoms with Gasteiger partial charge in [0.2, 0.25) is 0 Å².